The molecule has 128 valence electrons. The van der Waals surface area contributed by atoms with Crippen molar-refractivity contribution in [3.8, 4) is 0 Å². The molecule has 1 heterocycles. The van der Waals surface area contributed by atoms with Gasteiger partial charge in [-0.15, -0.1) is 5.10 Å². The Morgan fingerprint density at radius 3 is 2.33 bits per heavy atom. The van der Waals surface area contributed by atoms with Crippen LogP contribution in [0, 0.1) is 10.8 Å². The molecule has 0 fully saturated rings. The highest BCUT2D eigenvalue weighted by molar-refractivity contribution is 6.34. The van der Waals surface area contributed by atoms with Gasteiger partial charge in [0.25, 0.3) is 0 Å². The van der Waals surface area contributed by atoms with Crippen molar-refractivity contribution in [1.29, 1.82) is 10.8 Å². The van der Waals surface area contributed by atoms with E-state index in [-0.39, 0.29) is 16.5 Å². The van der Waals surface area contributed by atoms with Crippen LogP contribution < -0.4 is 10.8 Å². The van der Waals surface area contributed by atoms with E-state index in [0.717, 1.165) is 6.07 Å². The molecular weight excluding hydrogens is 366 g/mol. The molecule has 2 rings (SSSR count). The minimum Gasteiger partial charge on any atom is -0.362 e. The molecule has 10 heteroatoms. The quantitative estimate of drug-likeness (QED) is 0.552. The summed E-state index contributed by atoms with van der Waals surface area (Å²) in [6.07, 6.45) is -4.90. The number of halogens is 5. The van der Waals surface area contributed by atoms with E-state index in [9.17, 15) is 13.2 Å². The number of rotatable bonds is 3. The van der Waals surface area contributed by atoms with E-state index in [0.29, 0.717) is 15.6 Å². The van der Waals surface area contributed by atoms with Crippen molar-refractivity contribution in [3.05, 3.63) is 51.4 Å². The summed E-state index contributed by atoms with van der Waals surface area (Å²) in [7, 11) is 0. The molecule has 24 heavy (non-hydrogen) atoms. The van der Waals surface area contributed by atoms with Crippen molar-refractivity contribution < 1.29 is 13.2 Å². The lowest BCUT2D eigenvalue weighted by Crippen LogP contribution is -2.38. The third-order valence-corrected chi connectivity index (χ3v) is 3.50. The number of nitrogens with zero attached hydrogens (tertiary/aromatic N) is 2. The van der Waals surface area contributed by atoms with E-state index >= 15 is 0 Å². The van der Waals surface area contributed by atoms with Crippen LogP contribution in [0.2, 0.25) is 10.0 Å². The van der Waals surface area contributed by atoms with Crippen LogP contribution in [0.15, 0.2) is 30.3 Å². The number of hydrogen-bond donors (Lipinski definition) is 3. The van der Waals surface area contributed by atoms with Crippen LogP contribution in [0.1, 0.15) is 18.5 Å². The fourth-order valence-electron chi connectivity index (χ4n) is 1.92. The summed E-state index contributed by atoms with van der Waals surface area (Å²) in [5.74, 6) is -1.67. The molecule has 1 atom stereocenters. The fourth-order valence-corrected chi connectivity index (χ4v) is 2.46. The molecular formula is C14H12Cl2F3N5. The molecule has 5 nitrogen and oxygen atoms in total. The van der Waals surface area contributed by atoms with Crippen LogP contribution in [-0.2, 0) is 0 Å². The second-order valence-electron chi connectivity index (χ2n) is 4.93. The molecule has 0 unspecified atom stereocenters. The van der Waals surface area contributed by atoms with Gasteiger partial charge in [0, 0.05) is 10.0 Å². The van der Waals surface area contributed by atoms with E-state index < -0.39 is 17.5 Å². The van der Waals surface area contributed by atoms with Crippen LogP contribution in [0.4, 0.5) is 19.0 Å². The largest absolute Gasteiger partial charge is 0.451 e. The monoisotopic (exact) mass is 377 g/mol. The first kappa shape index (κ1) is 18.3. The van der Waals surface area contributed by atoms with E-state index in [1.807, 2.05) is 0 Å². The molecule has 1 aromatic carbocycles. The lowest BCUT2D eigenvalue weighted by molar-refractivity contribution is -0.0632. The normalized spacial score (nSPS) is 12.8. The SMILES string of the molecule is C[C@@H](Nc1ccc(=N)n(C(=N)C(F)(F)F)n1)c1cc(Cl)cc(Cl)c1. The summed E-state index contributed by atoms with van der Waals surface area (Å²) in [4.78, 5) is 0. The lowest BCUT2D eigenvalue weighted by atomic mass is 10.1. The van der Waals surface area contributed by atoms with Gasteiger partial charge < -0.3 is 5.32 Å². The van der Waals surface area contributed by atoms with Gasteiger partial charge in [0.05, 0.1) is 6.04 Å². The summed E-state index contributed by atoms with van der Waals surface area (Å²) in [6, 6.07) is 6.99. The summed E-state index contributed by atoms with van der Waals surface area (Å²) in [5.41, 5.74) is 0.156. The maximum absolute atomic E-state index is 12.6. The van der Waals surface area contributed by atoms with Crippen molar-refractivity contribution in [2.45, 2.75) is 19.1 Å². The van der Waals surface area contributed by atoms with Gasteiger partial charge in [0.2, 0.25) is 5.84 Å². The van der Waals surface area contributed by atoms with Crippen molar-refractivity contribution >= 4 is 34.9 Å². The summed E-state index contributed by atoms with van der Waals surface area (Å²) in [6.45, 7) is 1.75. The summed E-state index contributed by atoms with van der Waals surface area (Å²) < 4.78 is 38.1. The Labute approximate surface area is 145 Å². The number of benzene rings is 1. The Morgan fingerprint density at radius 2 is 1.79 bits per heavy atom. The van der Waals surface area contributed by atoms with Gasteiger partial charge in [-0.2, -0.15) is 17.9 Å². The zero-order valence-corrected chi connectivity index (χ0v) is 13.8. The van der Waals surface area contributed by atoms with Crippen LogP contribution in [0.25, 0.3) is 0 Å². The van der Waals surface area contributed by atoms with Crippen molar-refractivity contribution in [2.75, 3.05) is 5.32 Å². The minimum atomic E-state index is -4.90. The number of alkyl halides is 3. The standard InChI is InChI=1S/C14H12Cl2F3N5/c1-7(8-4-9(15)6-10(16)5-8)22-12-3-2-11(20)24(23-12)13(21)14(17,18)19/h2-7,20-21H,1H3,(H,22,23)/t7-/m1/s1. The summed E-state index contributed by atoms with van der Waals surface area (Å²) in [5, 5.41) is 22.0. The van der Waals surface area contributed by atoms with Gasteiger partial charge in [-0.1, -0.05) is 23.2 Å². The Kier molecular flexibility index (Phi) is 5.19. The summed E-state index contributed by atoms with van der Waals surface area (Å²) >= 11 is 11.9. The van der Waals surface area contributed by atoms with Crippen LogP contribution >= 0.6 is 23.2 Å². The number of anilines is 1. The van der Waals surface area contributed by atoms with Crippen molar-refractivity contribution in [1.82, 2.24) is 9.78 Å². The molecule has 3 N–H and O–H groups in total. The van der Waals surface area contributed by atoms with E-state index in [2.05, 4.69) is 10.4 Å². The molecule has 0 bridgehead atoms. The maximum atomic E-state index is 12.6. The molecule has 0 spiro atoms. The van der Waals surface area contributed by atoms with Crippen LogP contribution in [0.3, 0.4) is 0 Å². The van der Waals surface area contributed by atoms with Gasteiger partial charge in [-0.25, -0.2) is 0 Å². The topological polar surface area (TPSA) is 77.5 Å². The number of nitrogens with one attached hydrogen (secondary N) is 3. The first-order chi connectivity index (χ1) is 11.1. The maximum Gasteiger partial charge on any atom is 0.451 e. The Hall–Kier alpha value is -2.06. The zero-order valence-electron chi connectivity index (χ0n) is 12.2. The van der Waals surface area contributed by atoms with Gasteiger partial charge in [0.15, 0.2) is 0 Å². The fraction of sp³-hybridized carbons (Fsp3) is 0.214. The number of hydrogen-bond acceptors (Lipinski definition) is 4. The van der Waals surface area contributed by atoms with Gasteiger partial charge >= 0.3 is 6.18 Å². The molecule has 0 radical (unpaired) electrons. The van der Waals surface area contributed by atoms with Crippen LogP contribution in [0.5, 0.6) is 0 Å². The Balaban J connectivity index is 2.30. The van der Waals surface area contributed by atoms with Gasteiger partial charge in [0.1, 0.15) is 11.3 Å². The third-order valence-electron chi connectivity index (χ3n) is 3.06. The van der Waals surface area contributed by atoms with E-state index in [1.54, 1.807) is 25.1 Å². The van der Waals surface area contributed by atoms with Crippen molar-refractivity contribution in [2.24, 2.45) is 0 Å². The highest BCUT2D eigenvalue weighted by Gasteiger charge is 2.37. The van der Waals surface area contributed by atoms with E-state index in [4.69, 9.17) is 34.0 Å². The average molecular weight is 378 g/mol. The molecule has 0 saturated carbocycles. The highest BCUT2D eigenvalue weighted by atomic mass is 35.5. The first-order valence-corrected chi connectivity index (χ1v) is 7.37. The number of aromatic nitrogens is 2. The van der Waals surface area contributed by atoms with Crippen LogP contribution in [-0.4, -0.2) is 21.8 Å². The Bertz CT molecular complexity index is 812. The average Bonchev–Trinajstić information content (AvgIpc) is 2.46. The molecule has 0 aliphatic rings. The highest BCUT2D eigenvalue weighted by Crippen LogP contribution is 2.25. The molecule has 1 aromatic heterocycles. The second kappa shape index (κ2) is 6.82. The predicted molar refractivity (Wildman–Crippen MR) is 85.8 cm³/mol. The molecule has 0 aliphatic heterocycles. The molecule has 0 aliphatic carbocycles. The first-order valence-electron chi connectivity index (χ1n) is 6.61. The van der Waals surface area contributed by atoms with Crippen molar-refractivity contribution in [3.63, 3.8) is 0 Å². The molecule has 0 saturated heterocycles. The molecule has 2 aromatic rings. The zero-order chi connectivity index (χ0) is 18.1. The Morgan fingerprint density at radius 1 is 1.21 bits per heavy atom. The predicted octanol–water partition coefficient (Wildman–Crippen LogP) is 4.23. The molecule has 0 amide bonds. The van der Waals surface area contributed by atoms with Gasteiger partial charge in [-0.05, 0) is 42.8 Å². The second-order valence-corrected chi connectivity index (χ2v) is 5.80. The lowest BCUT2D eigenvalue weighted by Gasteiger charge is -2.17. The third kappa shape index (κ3) is 4.27. The minimum absolute atomic E-state index is 0.0728. The smallest absolute Gasteiger partial charge is 0.362 e. The van der Waals surface area contributed by atoms with Gasteiger partial charge in [-0.3, -0.25) is 10.8 Å². The van der Waals surface area contributed by atoms with E-state index in [1.165, 1.54) is 6.07 Å².